The highest BCUT2D eigenvalue weighted by molar-refractivity contribution is 9.10. The van der Waals surface area contributed by atoms with E-state index in [2.05, 4.69) is 21.2 Å². The van der Waals surface area contributed by atoms with E-state index in [9.17, 15) is 18.4 Å². The first-order valence-corrected chi connectivity index (χ1v) is 9.58. The zero-order valence-electron chi connectivity index (χ0n) is 14.0. The highest BCUT2D eigenvalue weighted by Gasteiger charge is 2.18. The van der Waals surface area contributed by atoms with Crippen LogP contribution in [0.4, 0.5) is 14.5 Å². The van der Waals surface area contributed by atoms with E-state index in [-0.39, 0.29) is 18.2 Å². The molecule has 2 rings (SSSR count). The van der Waals surface area contributed by atoms with Crippen LogP contribution in [0.15, 0.2) is 51.8 Å². The van der Waals surface area contributed by atoms with E-state index in [4.69, 9.17) is 0 Å². The number of nitrogens with one attached hydrogen (secondary N) is 1. The Hall–Kier alpha value is -1.93. The van der Waals surface area contributed by atoms with Gasteiger partial charge in [0.1, 0.15) is 17.3 Å². The van der Waals surface area contributed by atoms with Gasteiger partial charge in [-0.05, 0) is 43.3 Å². The number of carbonyl (C=O) groups is 2. The molecule has 0 bridgehead atoms. The number of hydrogen-bond acceptors (Lipinski definition) is 3. The van der Waals surface area contributed by atoms with Gasteiger partial charge in [0.15, 0.2) is 0 Å². The van der Waals surface area contributed by atoms with Gasteiger partial charge >= 0.3 is 0 Å². The minimum absolute atomic E-state index is 0.164. The van der Waals surface area contributed by atoms with Crippen molar-refractivity contribution in [2.24, 2.45) is 0 Å². The maximum absolute atomic E-state index is 13.6. The van der Waals surface area contributed by atoms with Crippen LogP contribution in [0.3, 0.4) is 0 Å². The van der Waals surface area contributed by atoms with Gasteiger partial charge in [0.2, 0.25) is 11.8 Å². The molecule has 1 N–H and O–H groups in total. The Labute approximate surface area is 163 Å². The number of hydrogen-bond donors (Lipinski definition) is 1. The number of likely N-dealkylation sites (N-methyl/N-ethyl adjacent to an activating group) is 1. The smallest absolute Gasteiger partial charge is 0.244 e. The van der Waals surface area contributed by atoms with E-state index in [1.165, 1.54) is 22.7 Å². The summed E-state index contributed by atoms with van der Waals surface area (Å²) in [6.45, 7) is 1.77. The molecular weight excluding hydrogens is 426 g/mol. The van der Waals surface area contributed by atoms with Crippen molar-refractivity contribution in [2.75, 3.05) is 24.2 Å². The van der Waals surface area contributed by atoms with Gasteiger partial charge in [-0.15, -0.1) is 11.8 Å². The standard InChI is InChI=1S/C18H17BrF2N2O2S/c1-2-23(17(25)11-26-13-8-6-12(19)7-9-13)10-16(24)22-18-14(20)4-3-5-15(18)21/h3-9H,2,10-11H2,1H3,(H,22,24). The van der Waals surface area contributed by atoms with Crippen molar-refractivity contribution in [1.82, 2.24) is 4.90 Å². The monoisotopic (exact) mass is 442 g/mol. The lowest BCUT2D eigenvalue weighted by molar-refractivity contribution is -0.132. The van der Waals surface area contributed by atoms with E-state index < -0.39 is 23.2 Å². The SMILES string of the molecule is CCN(CC(=O)Nc1c(F)cccc1F)C(=O)CSc1ccc(Br)cc1. The molecule has 138 valence electrons. The first-order chi connectivity index (χ1) is 12.4. The van der Waals surface area contributed by atoms with Crippen LogP contribution in [-0.2, 0) is 9.59 Å². The number of carbonyl (C=O) groups excluding carboxylic acids is 2. The third-order valence-corrected chi connectivity index (χ3v) is 5.00. The summed E-state index contributed by atoms with van der Waals surface area (Å²) in [6, 6.07) is 10.8. The number of nitrogens with zero attached hydrogens (tertiary/aromatic N) is 1. The molecule has 0 saturated heterocycles. The van der Waals surface area contributed by atoms with Crippen LogP contribution < -0.4 is 5.32 Å². The third kappa shape index (κ3) is 5.81. The van der Waals surface area contributed by atoms with Crippen LogP contribution in [-0.4, -0.2) is 35.6 Å². The van der Waals surface area contributed by atoms with Crippen molar-refractivity contribution in [3.8, 4) is 0 Å². The van der Waals surface area contributed by atoms with Crippen LogP contribution >= 0.6 is 27.7 Å². The van der Waals surface area contributed by atoms with E-state index in [1.54, 1.807) is 6.92 Å². The number of halogens is 3. The normalized spacial score (nSPS) is 10.5. The van der Waals surface area contributed by atoms with Gasteiger partial charge in [0.05, 0.1) is 12.3 Å². The number of thioether (sulfide) groups is 1. The predicted octanol–water partition coefficient (Wildman–Crippen LogP) is 4.31. The Morgan fingerprint density at radius 1 is 1.12 bits per heavy atom. The molecule has 0 aromatic heterocycles. The van der Waals surface area contributed by atoms with Gasteiger partial charge in [-0.1, -0.05) is 22.0 Å². The second-order valence-corrected chi connectivity index (χ2v) is 7.26. The second kappa shape index (κ2) is 9.68. The second-order valence-electron chi connectivity index (χ2n) is 5.30. The Balaban J connectivity index is 1.91. The van der Waals surface area contributed by atoms with E-state index >= 15 is 0 Å². The molecule has 0 unspecified atom stereocenters. The van der Waals surface area contributed by atoms with Crippen molar-refractivity contribution in [1.29, 1.82) is 0 Å². The summed E-state index contributed by atoms with van der Waals surface area (Å²) in [5, 5.41) is 2.18. The van der Waals surface area contributed by atoms with Crippen molar-refractivity contribution in [3.05, 3.63) is 58.6 Å². The summed E-state index contributed by atoms with van der Waals surface area (Å²) in [6.07, 6.45) is 0. The fourth-order valence-electron chi connectivity index (χ4n) is 2.11. The molecule has 2 aromatic carbocycles. The fraction of sp³-hybridized carbons (Fsp3) is 0.222. The molecule has 0 aliphatic carbocycles. The number of anilines is 1. The third-order valence-electron chi connectivity index (χ3n) is 3.47. The van der Waals surface area contributed by atoms with Gasteiger partial charge in [0, 0.05) is 15.9 Å². The molecule has 0 saturated carbocycles. The molecule has 0 atom stereocenters. The average molecular weight is 443 g/mol. The summed E-state index contributed by atoms with van der Waals surface area (Å²) in [5.74, 6) is -2.45. The van der Waals surface area contributed by atoms with Crippen LogP contribution in [0.2, 0.25) is 0 Å². The van der Waals surface area contributed by atoms with Crippen molar-refractivity contribution >= 4 is 45.2 Å². The zero-order valence-corrected chi connectivity index (χ0v) is 16.4. The Morgan fingerprint density at radius 3 is 2.31 bits per heavy atom. The summed E-state index contributed by atoms with van der Waals surface area (Å²) in [4.78, 5) is 26.6. The minimum atomic E-state index is -0.862. The highest BCUT2D eigenvalue weighted by atomic mass is 79.9. The minimum Gasteiger partial charge on any atom is -0.333 e. The van der Waals surface area contributed by atoms with Crippen LogP contribution in [0.25, 0.3) is 0 Å². The summed E-state index contributed by atoms with van der Waals surface area (Å²) in [7, 11) is 0. The number of benzene rings is 2. The predicted molar refractivity (Wildman–Crippen MR) is 102 cm³/mol. The molecule has 2 amide bonds. The molecule has 8 heteroatoms. The van der Waals surface area contributed by atoms with Gasteiger partial charge in [-0.25, -0.2) is 8.78 Å². The molecule has 0 aliphatic rings. The van der Waals surface area contributed by atoms with Crippen molar-refractivity contribution < 1.29 is 18.4 Å². The first-order valence-electron chi connectivity index (χ1n) is 7.80. The summed E-state index contributed by atoms with van der Waals surface area (Å²) >= 11 is 4.70. The lowest BCUT2D eigenvalue weighted by atomic mass is 10.3. The van der Waals surface area contributed by atoms with E-state index in [1.807, 2.05) is 24.3 Å². The number of rotatable bonds is 7. The highest BCUT2D eigenvalue weighted by Crippen LogP contribution is 2.21. The van der Waals surface area contributed by atoms with Gasteiger partial charge in [-0.2, -0.15) is 0 Å². The maximum atomic E-state index is 13.6. The number of amides is 2. The van der Waals surface area contributed by atoms with Crippen LogP contribution in [0.1, 0.15) is 6.92 Å². The lowest BCUT2D eigenvalue weighted by Crippen LogP contribution is -2.39. The molecule has 2 aromatic rings. The molecule has 4 nitrogen and oxygen atoms in total. The molecule has 0 heterocycles. The zero-order chi connectivity index (χ0) is 19.1. The summed E-state index contributed by atoms with van der Waals surface area (Å²) < 4.78 is 28.1. The maximum Gasteiger partial charge on any atom is 0.244 e. The van der Waals surface area contributed by atoms with Crippen molar-refractivity contribution in [3.63, 3.8) is 0 Å². The molecule has 0 fully saturated rings. The van der Waals surface area contributed by atoms with E-state index in [0.29, 0.717) is 6.54 Å². The molecule has 0 aliphatic heterocycles. The Kier molecular flexibility index (Phi) is 7.59. The Bertz CT molecular complexity index is 767. The van der Waals surface area contributed by atoms with E-state index in [0.717, 1.165) is 21.5 Å². The Morgan fingerprint density at radius 2 is 1.73 bits per heavy atom. The topological polar surface area (TPSA) is 49.4 Å². The largest absolute Gasteiger partial charge is 0.333 e. The lowest BCUT2D eigenvalue weighted by Gasteiger charge is -2.20. The van der Waals surface area contributed by atoms with Gasteiger partial charge in [-0.3, -0.25) is 9.59 Å². The molecule has 0 spiro atoms. The quantitative estimate of drug-likeness (QED) is 0.650. The van der Waals surface area contributed by atoms with Crippen molar-refractivity contribution in [2.45, 2.75) is 11.8 Å². The molecule has 0 radical (unpaired) electrons. The number of para-hydroxylation sites is 1. The van der Waals surface area contributed by atoms with Crippen LogP contribution in [0, 0.1) is 11.6 Å². The fourth-order valence-corrected chi connectivity index (χ4v) is 3.18. The van der Waals surface area contributed by atoms with Gasteiger partial charge in [0.25, 0.3) is 0 Å². The average Bonchev–Trinajstić information content (AvgIpc) is 2.62. The van der Waals surface area contributed by atoms with Gasteiger partial charge < -0.3 is 10.2 Å². The summed E-state index contributed by atoms with van der Waals surface area (Å²) in [5.41, 5.74) is -0.509. The first kappa shape index (κ1) is 20.4. The molecule has 26 heavy (non-hydrogen) atoms. The molecular formula is C18H17BrF2N2O2S. The van der Waals surface area contributed by atoms with Crippen LogP contribution in [0.5, 0.6) is 0 Å².